The fraction of sp³-hybridized carbons (Fsp3) is 1.00. The molecular formula is C50H102N4O4+4. The molecule has 6 heterocycles. The number of aliphatic hydroxyl groups is 4. The van der Waals surface area contributed by atoms with E-state index >= 15 is 0 Å². The second-order valence-electron chi connectivity index (χ2n) is 21.2. The van der Waals surface area contributed by atoms with Crippen molar-refractivity contribution in [3.63, 3.8) is 0 Å². The predicted molar refractivity (Wildman–Crippen MR) is 244 cm³/mol. The van der Waals surface area contributed by atoms with Crippen LogP contribution in [0.5, 0.6) is 0 Å². The number of unbranched alkanes of at least 4 members (excludes halogenated alkanes) is 26. The van der Waals surface area contributed by atoms with Crippen molar-refractivity contribution in [3.05, 3.63) is 0 Å². The maximum Gasteiger partial charge on any atom is 0.131 e. The van der Waals surface area contributed by atoms with E-state index in [0.717, 1.165) is 48.2 Å². The highest BCUT2D eigenvalue weighted by Gasteiger charge is 2.52. The van der Waals surface area contributed by atoms with Crippen LogP contribution < -0.4 is 0 Å². The fourth-order valence-electron chi connectivity index (χ4n) is 11.9. The Morgan fingerprint density at radius 2 is 0.466 bits per heavy atom. The Kier molecular flexibility index (Phi) is 24.0. The van der Waals surface area contributed by atoms with Gasteiger partial charge in [-0.15, -0.1) is 0 Å². The van der Waals surface area contributed by atoms with Gasteiger partial charge < -0.3 is 38.4 Å². The first-order chi connectivity index (χ1) is 28.2. The summed E-state index contributed by atoms with van der Waals surface area (Å²) in [7, 11) is 0. The lowest BCUT2D eigenvalue weighted by atomic mass is 9.97. The van der Waals surface area contributed by atoms with Gasteiger partial charge in [-0.05, 0) is 25.7 Å². The minimum absolute atomic E-state index is 0.489. The maximum absolute atomic E-state index is 11.3. The van der Waals surface area contributed by atoms with Crippen LogP contribution in [-0.2, 0) is 0 Å². The summed E-state index contributed by atoms with van der Waals surface area (Å²) in [5, 5.41) is 44.8. The minimum atomic E-state index is -1.30. The number of hydrogen-bond donors (Lipinski definition) is 4. The van der Waals surface area contributed by atoms with Gasteiger partial charge in [0.2, 0.25) is 0 Å². The van der Waals surface area contributed by atoms with Crippen molar-refractivity contribution in [2.75, 3.05) is 105 Å². The Morgan fingerprint density at radius 1 is 0.276 bits per heavy atom. The number of fused-ring (bicyclic) bond motifs is 6. The molecule has 4 N–H and O–H groups in total. The number of nitrogens with zero attached hydrogens (tertiary/aromatic N) is 4. The van der Waals surface area contributed by atoms with Crippen LogP contribution in [0.3, 0.4) is 0 Å². The average Bonchev–Trinajstić information content (AvgIpc) is 3.24. The molecule has 6 rings (SSSR count). The molecule has 342 valence electrons. The molecule has 0 aliphatic carbocycles. The second-order valence-corrected chi connectivity index (χ2v) is 21.2. The molecule has 6 aliphatic rings. The lowest BCUT2D eigenvalue weighted by Crippen LogP contribution is -2.77. The molecule has 6 aliphatic heterocycles. The average molecular weight is 823 g/mol. The molecule has 4 bridgehead atoms. The van der Waals surface area contributed by atoms with Gasteiger partial charge in [0.05, 0.1) is 13.1 Å². The van der Waals surface area contributed by atoms with Crippen molar-refractivity contribution >= 4 is 0 Å². The van der Waals surface area contributed by atoms with Crippen LogP contribution in [0.2, 0.25) is 0 Å². The van der Waals surface area contributed by atoms with E-state index in [1.807, 2.05) is 0 Å². The minimum Gasteiger partial charge on any atom is -0.387 e. The van der Waals surface area contributed by atoms with Crippen molar-refractivity contribution in [1.82, 2.24) is 0 Å². The van der Waals surface area contributed by atoms with Gasteiger partial charge in [0.1, 0.15) is 116 Å². The molecule has 0 saturated carbocycles. The molecule has 6 saturated heterocycles. The van der Waals surface area contributed by atoms with E-state index in [1.54, 1.807) is 0 Å². The van der Waals surface area contributed by atoms with Crippen molar-refractivity contribution in [2.45, 2.75) is 218 Å². The van der Waals surface area contributed by atoms with Gasteiger partial charge in [0.25, 0.3) is 0 Å². The van der Waals surface area contributed by atoms with E-state index in [4.69, 9.17) is 0 Å². The molecule has 0 aromatic heterocycles. The molecule has 0 aromatic carbocycles. The Balaban J connectivity index is 1.01. The van der Waals surface area contributed by atoms with E-state index in [1.165, 1.54) is 241 Å². The smallest absolute Gasteiger partial charge is 0.131 e. The monoisotopic (exact) mass is 823 g/mol. The standard InChI is InChI=1S/C50H102N4O4/c1-3-5-7-9-11-13-15-17-19-21-23-25-27-29-31-51-33-39-53(40-34-51,41-35-51)45-47(55)49(57)50(58)48(56)46-54-42-36-52(37-43-54,38-44-54)32-30-28-26-24-22-20-18-16-14-12-10-8-6-4-2/h47-50,55-58H,3-46H2,1-2H3/q+4. The highest BCUT2D eigenvalue weighted by atomic mass is 16.4. The fourth-order valence-corrected chi connectivity index (χ4v) is 11.9. The lowest BCUT2D eigenvalue weighted by molar-refractivity contribution is -1.08. The van der Waals surface area contributed by atoms with E-state index in [0.29, 0.717) is 13.1 Å². The zero-order valence-corrected chi connectivity index (χ0v) is 39.0. The highest BCUT2D eigenvalue weighted by Crippen LogP contribution is 2.31. The summed E-state index contributed by atoms with van der Waals surface area (Å²) in [6.45, 7) is 21.5. The first-order valence-electron chi connectivity index (χ1n) is 26.3. The Labute approximate surface area is 360 Å². The summed E-state index contributed by atoms with van der Waals surface area (Å²) in [6, 6.07) is 0. The molecule has 8 nitrogen and oxygen atoms in total. The molecule has 6 fully saturated rings. The van der Waals surface area contributed by atoms with Gasteiger partial charge in [0.15, 0.2) is 0 Å². The third kappa shape index (κ3) is 17.4. The number of piperazine rings is 6. The van der Waals surface area contributed by atoms with Crippen molar-refractivity contribution in [1.29, 1.82) is 0 Å². The SMILES string of the molecule is CCCCCCCCCCCCCCCC[N+]12CC[N+](CC(O)C(O)C(O)C(O)C[N+]34CC[N+](CCCCCCCCCCCCCCCC)(CC3)CC4)(CC1)CC2. The van der Waals surface area contributed by atoms with Crippen LogP contribution in [0, 0.1) is 0 Å². The maximum atomic E-state index is 11.3. The Morgan fingerprint density at radius 3 is 0.690 bits per heavy atom. The van der Waals surface area contributed by atoms with E-state index in [2.05, 4.69) is 13.8 Å². The topological polar surface area (TPSA) is 80.9 Å². The number of quaternary nitrogens is 4. The second kappa shape index (κ2) is 27.7. The summed E-state index contributed by atoms with van der Waals surface area (Å²) in [6.07, 6.45) is 34.7. The van der Waals surface area contributed by atoms with Gasteiger partial charge in [-0.3, -0.25) is 0 Å². The molecule has 0 spiro atoms. The Bertz CT molecular complexity index is 916. The number of aliphatic hydroxyl groups excluding tert-OH is 4. The Hall–Kier alpha value is -0.320. The van der Waals surface area contributed by atoms with Gasteiger partial charge in [-0.1, -0.05) is 168 Å². The third-order valence-electron chi connectivity index (χ3n) is 16.6. The van der Waals surface area contributed by atoms with Crippen LogP contribution in [0.4, 0.5) is 0 Å². The van der Waals surface area contributed by atoms with Crippen LogP contribution in [0.15, 0.2) is 0 Å². The summed E-state index contributed by atoms with van der Waals surface area (Å²) < 4.78 is 4.22. The van der Waals surface area contributed by atoms with Crippen molar-refractivity contribution in [3.8, 4) is 0 Å². The van der Waals surface area contributed by atoms with E-state index in [9.17, 15) is 20.4 Å². The zero-order chi connectivity index (χ0) is 41.4. The normalized spacial score (nSPS) is 28.9. The van der Waals surface area contributed by atoms with Crippen molar-refractivity contribution in [2.24, 2.45) is 0 Å². The van der Waals surface area contributed by atoms with Crippen LogP contribution in [0.25, 0.3) is 0 Å². The largest absolute Gasteiger partial charge is 0.387 e. The van der Waals surface area contributed by atoms with E-state index in [-0.39, 0.29) is 0 Å². The first-order valence-corrected chi connectivity index (χ1v) is 26.3. The summed E-state index contributed by atoms with van der Waals surface area (Å²) in [5.41, 5.74) is 0. The lowest BCUT2D eigenvalue weighted by Gasteiger charge is -2.56. The van der Waals surface area contributed by atoms with E-state index < -0.39 is 24.4 Å². The van der Waals surface area contributed by atoms with Gasteiger partial charge in [-0.2, -0.15) is 0 Å². The number of hydrogen-bond acceptors (Lipinski definition) is 4. The van der Waals surface area contributed by atoms with Crippen LogP contribution >= 0.6 is 0 Å². The highest BCUT2D eigenvalue weighted by molar-refractivity contribution is 4.83. The molecule has 4 unspecified atom stereocenters. The molecule has 8 heteroatoms. The van der Waals surface area contributed by atoms with Gasteiger partial charge in [-0.25, -0.2) is 0 Å². The third-order valence-corrected chi connectivity index (χ3v) is 16.6. The summed E-state index contributed by atoms with van der Waals surface area (Å²) in [4.78, 5) is 0. The molecular weight excluding hydrogens is 721 g/mol. The van der Waals surface area contributed by atoms with Crippen LogP contribution in [0.1, 0.15) is 194 Å². The summed E-state index contributed by atoms with van der Waals surface area (Å²) in [5.74, 6) is 0. The zero-order valence-electron chi connectivity index (χ0n) is 39.0. The predicted octanol–water partition coefficient (Wildman–Crippen LogP) is 8.71. The number of rotatable bonds is 37. The first kappa shape index (κ1) is 50.3. The van der Waals surface area contributed by atoms with Crippen molar-refractivity contribution < 1.29 is 38.4 Å². The molecule has 0 radical (unpaired) electrons. The van der Waals surface area contributed by atoms with Crippen LogP contribution in [-0.4, -0.2) is 167 Å². The van der Waals surface area contributed by atoms with Gasteiger partial charge >= 0.3 is 0 Å². The summed E-state index contributed by atoms with van der Waals surface area (Å²) >= 11 is 0. The molecule has 0 aromatic rings. The molecule has 4 atom stereocenters. The van der Waals surface area contributed by atoms with Gasteiger partial charge in [0, 0.05) is 0 Å². The molecule has 58 heavy (non-hydrogen) atoms. The quantitative estimate of drug-likeness (QED) is 0.0374. The molecule has 0 amide bonds.